The first-order chi connectivity index (χ1) is 11.7. The molecule has 6 heteroatoms. The van der Waals surface area contributed by atoms with Crippen LogP contribution in [0.2, 0.25) is 0 Å². The Bertz CT molecular complexity index is 1140. The zero-order valence-corrected chi connectivity index (χ0v) is 13.3. The average molecular weight is 326 g/mol. The highest BCUT2D eigenvalue weighted by atomic mass is 16.5. The summed E-state index contributed by atoms with van der Waals surface area (Å²) in [5.41, 5.74) is 0.628. The van der Waals surface area contributed by atoms with Crippen LogP contribution in [0.4, 0.5) is 0 Å². The van der Waals surface area contributed by atoms with Crippen molar-refractivity contribution in [3.05, 3.63) is 40.6 Å². The number of benzene rings is 2. The van der Waals surface area contributed by atoms with Gasteiger partial charge in [0.2, 0.25) is 16.9 Å². The van der Waals surface area contributed by atoms with Crippen LogP contribution in [-0.2, 0) is 0 Å². The van der Waals surface area contributed by atoms with E-state index in [4.69, 9.17) is 23.0 Å². The summed E-state index contributed by atoms with van der Waals surface area (Å²) in [5.74, 6) is 1.18. The number of furan rings is 1. The Hall–Kier alpha value is -3.15. The average Bonchev–Trinajstić information content (AvgIpc) is 2.98. The van der Waals surface area contributed by atoms with Crippen LogP contribution in [0.15, 0.2) is 44.0 Å². The summed E-state index contributed by atoms with van der Waals surface area (Å²) < 4.78 is 27.6. The molecule has 0 bridgehead atoms. The van der Waals surface area contributed by atoms with Gasteiger partial charge in [-0.1, -0.05) is 18.2 Å². The Balaban J connectivity index is 2.26. The first-order valence-electron chi connectivity index (χ1n) is 7.26. The molecule has 4 rings (SSSR count). The predicted octanol–water partition coefficient (Wildman–Crippen LogP) is 3.72. The molecular formula is C18H14O6. The lowest BCUT2D eigenvalue weighted by Crippen LogP contribution is -2.04. The molecule has 24 heavy (non-hydrogen) atoms. The molecule has 2 aromatic heterocycles. The first kappa shape index (κ1) is 14.4. The van der Waals surface area contributed by atoms with E-state index < -0.39 is 0 Å². The topological polar surface area (TPSA) is 71.0 Å². The third-order valence-electron chi connectivity index (χ3n) is 4.01. The molecule has 0 aliphatic heterocycles. The van der Waals surface area contributed by atoms with Gasteiger partial charge in [0.1, 0.15) is 11.0 Å². The molecule has 6 nitrogen and oxygen atoms in total. The lowest BCUT2D eigenvalue weighted by molar-refractivity contribution is 0.323. The zero-order chi connectivity index (χ0) is 16.8. The Labute approximate surface area is 136 Å². The number of hydrogen-bond donors (Lipinski definition) is 0. The van der Waals surface area contributed by atoms with Gasteiger partial charge in [-0.3, -0.25) is 4.79 Å². The summed E-state index contributed by atoms with van der Waals surface area (Å²) in [6.07, 6.45) is 0. The molecule has 0 N–H and O–H groups in total. The van der Waals surface area contributed by atoms with Crippen LogP contribution in [0, 0.1) is 0 Å². The maximum absolute atomic E-state index is 13.0. The first-order valence-corrected chi connectivity index (χ1v) is 7.26. The molecule has 0 fully saturated rings. The highest BCUT2D eigenvalue weighted by Crippen LogP contribution is 2.43. The molecule has 2 aromatic carbocycles. The molecule has 0 aliphatic rings. The number of fused-ring (bicyclic) bond motifs is 4. The fraction of sp³-hybridized carbons (Fsp3) is 0.167. The van der Waals surface area contributed by atoms with Gasteiger partial charge in [-0.05, 0) is 12.1 Å². The van der Waals surface area contributed by atoms with E-state index >= 15 is 0 Å². The van der Waals surface area contributed by atoms with Gasteiger partial charge >= 0.3 is 5.78 Å². The highest BCUT2D eigenvalue weighted by Gasteiger charge is 2.23. The highest BCUT2D eigenvalue weighted by molar-refractivity contribution is 6.07. The van der Waals surface area contributed by atoms with Crippen LogP contribution >= 0.6 is 0 Å². The van der Waals surface area contributed by atoms with E-state index in [-0.39, 0.29) is 22.5 Å². The lowest BCUT2D eigenvalue weighted by Gasteiger charge is -2.13. The fourth-order valence-corrected chi connectivity index (χ4v) is 2.94. The minimum atomic E-state index is -0.213. The van der Waals surface area contributed by atoms with Gasteiger partial charge in [-0.2, -0.15) is 0 Å². The largest absolute Gasteiger partial charge is 0.493 e. The standard InChI is InChI=1S/C18H14O6/c1-20-12-8-10-14(19)13-9-6-4-5-7-11(9)23-18(13)24-15(10)17(22-3)16(12)21-2/h4-8H,1-3H3. The van der Waals surface area contributed by atoms with Gasteiger partial charge in [0.25, 0.3) is 0 Å². The van der Waals surface area contributed by atoms with Crippen molar-refractivity contribution in [1.29, 1.82) is 0 Å². The van der Waals surface area contributed by atoms with Gasteiger partial charge in [0.05, 0.1) is 26.7 Å². The van der Waals surface area contributed by atoms with Crippen LogP contribution in [0.3, 0.4) is 0 Å². The molecular weight excluding hydrogens is 312 g/mol. The summed E-state index contributed by atoms with van der Waals surface area (Å²) >= 11 is 0. The molecule has 0 aliphatic carbocycles. The van der Waals surface area contributed by atoms with E-state index in [1.54, 1.807) is 12.1 Å². The number of hydrogen-bond acceptors (Lipinski definition) is 6. The van der Waals surface area contributed by atoms with Crippen LogP contribution in [0.1, 0.15) is 0 Å². The van der Waals surface area contributed by atoms with E-state index in [0.717, 1.165) is 0 Å². The minimum absolute atomic E-state index is 0.152. The monoisotopic (exact) mass is 326 g/mol. The normalized spacial score (nSPS) is 11.3. The van der Waals surface area contributed by atoms with Crippen molar-refractivity contribution < 1.29 is 23.0 Å². The van der Waals surface area contributed by atoms with E-state index in [1.807, 2.05) is 18.2 Å². The summed E-state index contributed by atoms with van der Waals surface area (Å²) in [4.78, 5) is 13.0. The van der Waals surface area contributed by atoms with Crippen molar-refractivity contribution in [2.45, 2.75) is 0 Å². The van der Waals surface area contributed by atoms with Crippen molar-refractivity contribution >= 4 is 33.1 Å². The number of rotatable bonds is 3. The number of methoxy groups -OCH3 is 3. The summed E-state index contributed by atoms with van der Waals surface area (Å²) in [5, 5.41) is 1.44. The van der Waals surface area contributed by atoms with E-state index in [2.05, 4.69) is 0 Å². The number of para-hydroxylation sites is 1. The van der Waals surface area contributed by atoms with Crippen LogP contribution < -0.4 is 19.6 Å². The van der Waals surface area contributed by atoms with Crippen molar-refractivity contribution in [2.24, 2.45) is 0 Å². The second-order valence-electron chi connectivity index (χ2n) is 5.21. The second kappa shape index (κ2) is 5.19. The lowest BCUT2D eigenvalue weighted by atomic mass is 10.1. The molecule has 0 atom stereocenters. The summed E-state index contributed by atoms with van der Waals surface area (Å²) in [6.45, 7) is 0. The molecule has 2 heterocycles. The Kier molecular flexibility index (Phi) is 3.13. The van der Waals surface area contributed by atoms with Crippen LogP contribution in [0.5, 0.6) is 17.2 Å². The SMILES string of the molecule is COc1cc2c(=O)c3c(oc4ccccc43)oc2c(OC)c1OC. The van der Waals surface area contributed by atoms with Gasteiger partial charge in [0, 0.05) is 5.39 Å². The van der Waals surface area contributed by atoms with Crippen molar-refractivity contribution in [3.63, 3.8) is 0 Å². The van der Waals surface area contributed by atoms with Gasteiger partial charge < -0.3 is 23.0 Å². The van der Waals surface area contributed by atoms with E-state index in [9.17, 15) is 4.79 Å². The van der Waals surface area contributed by atoms with Crippen molar-refractivity contribution in [3.8, 4) is 17.2 Å². The van der Waals surface area contributed by atoms with Gasteiger partial charge in [-0.15, -0.1) is 0 Å². The smallest absolute Gasteiger partial charge is 0.302 e. The molecule has 0 saturated heterocycles. The number of ether oxygens (including phenoxy) is 3. The third kappa shape index (κ3) is 1.79. The van der Waals surface area contributed by atoms with Crippen LogP contribution in [0.25, 0.3) is 33.1 Å². The Morgan fingerprint density at radius 1 is 0.875 bits per heavy atom. The molecule has 0 radical (unpaired) electrons. The van der Waals surface area contributed by atoms with Gasteiger partial charge in [-0.25, -0.2) is 0 Å². The maximum atomic E-state index is 13.0. The maximum Gasteiger partial charge on any atom is 0.302 e. The molecule has 0 saturated carbocycles. The summed E-state index contributed by atoms with van der Waals surface area (Å²) in [7, 11) is 4.46. The second-order valence-corrected chi connectivity index (χ2v) is 5.21. The quantitative estimate of drug-likeness (QED) is 0.571. The molecule has 0 spiro atoms. The zero-order valence-electron chi connectivity index (χ0n) is 13.3. The van der Waals surface area contributed by atoms with E-state index in [0.29, 0.717) is 33.2 Å². The summed E-state index contributed by atoms with van der Waals surface area (Å²) in [6, 6.07) is 8.87. The third-order valence-corrected chi connectivity index (χ3v) is 4.01. The molecule has 0 unspecified atom stereocenters. The van der Waals surface area contributed by atoms with Crippen LogP contribution in [-0.4, -0.2) is 21.3 Å². The predicted molar refractivity (Wildman–Crippen MR) is 89.4 cm³/mol. The fourth-order valence-electron chi connectivity index (χ4n) is 2.94. The van der Waals surface area contributed by atoms with Gasteiger partial charge in [0.15, 0.2) is 11.3 Å². The minimum Gasteiger partial charge on any atom is -0.493 e. The van der Waals surface area contributed by atoms with Crippen molar-refractivity contribution in [2.75, 3.05) is 21.3 Å². The Morgan fingerprint density at radius 2 is 1.62 bits per heavy atom. The Morgan fingerprint density at radius 3 is 2.33 bits per heavy atom. The van der Waals surface area contributed by atoms with Crippen molar-refractivity contribution in [1.82, 2.24) is 0 Å². The molecule has 4 aromatic rings. The van der Waals surface area contributed by atoms with E-state index in [1.165, 1.54) is 21.3 Å². The molecule has 122 valence electrons. The molecule has 0 amide bonds.